The van der Waals surface area contributed by atoms with E-state index in [1.807, 2.05) is 0 Å². The number of carbonyl (C=O) groups excluding carboxylic acids is 1. The van der Waals surface area contributed by atoms with E-state index in [2.05, 4.69) is 10.0 Å². The van der Waals surface area contributed by atoms with Gasteiger partial charge in [-0.05, 0) is 36.9 Å². The highest BCUT2D eigenvalue weighted by molar-refractivity contribution is 7.91. The summed E-state index contributed by atoms with van der Waals surface area (Å²) in [4.78, 5) is 12.3. The molecular formula is C13H12Cl2N2O3S2. The summed E-state index contributed by atoms with van der Waals surface area (Å²) in [5, 5.41) is 3.66. The molecule has 0 atom stereocenters. The highest BCUT2D eigenvalue weighted by Crippen LogP contribution is 2.23. The first kappa shape index (κ1) is 17.2. The van der Waals surface area contributed by atoms with Crippen LogP contribution in [0.25, 0.3) is 0 Å². The van der Waals surface area contributed by atoms with Crippen LogP contribution >= 0.6 is 34.5 Å². The first-order chi connectivity index (χ1) is 10.3. The number of sulfonamides is 1. The maximum Gasteiger partial charge on any atom is 0.261 e. The summed E-state index contributed by atoms with van der Waals surface area (Å²) in [7, 11) is -2.22. The molecule has 2 rings (SSSR count). The smallest absolute Gasteiger partial charge is 0.261 e. The molecule has 1 aromatic carbocycles. The maximum atomic E-state index is 12.0. The Labute approximate surface area is 142 Å². The van der Waals surface area contributed by atoms with Crippen LogP contribution in [0.5, 0.6) is 0 Å². The summed E-state index contributed by atoms with van der Waals surface area (Å²) in [6.07, 6.45) is 0. The third kappa shape index (κ3) is 3.99. The molecule has 2 N–H and O–H groups in total. The van der Waals surface area contributed by atoms with E-state index >= 15 is 0 Å². The maximum absolute atomic E-state index is 12.0. The van der Waals surface area contributed by atoms with Gasteiger partial charge in [0.05, 0.1) is 4.88 Å². The van der Waals surface area contributed by atoms with Crippen LogP contribution < -0.4 is 10.0 Å². The minimum absolute atomic E-state index is 0.0877. The van der Waals surface area contributed by atoms with Crippen LogP contribution in [0.3, 0.4) is 0 Å². The molecule has 0 aliphatic rings. The number of carbonyl (C=O) groups is 1. The molecule has 0 fully saturated rings. The number of rotatable bonds is 5. The first-order valence-electron chi connectivity index (χ1n) is 6.09. The Morgan fingerprint density at radius 2 is 1.95 bits per heavy atom. The van der Waals surface area contributed by atoms with Crippen molar-refractivity contribution in [2.75, 3.05) is 7.05 Å². The Morgan fingerprint density at radius 3 is 2.59 bits per heavy atom. The highest BCUT2D eigenvalue weighted by atomic mass is 35.5. The van der Waals surface area contributed by atoms with Crippen molar-refractivity contribution in [3.8, 4) is 0 Å². The van der Waals surface area contributed by atoms with Crippen LogP contribution in [0.4, 0.5) is 0 Å². The van der Waals surface area contributed by atoms with Crippen LogP contribution in [0.1, 0.15) is 15.2 Å². The number of nitrogens with one attached hydrogen (secondary N) is 2. The molecule has 0 radical (unpaired) electrons. The zero-order valence-corrected chi connectivity index (χ0v) is 14.5. The number of hydrogen-bond acceptors (Lipinski definition) is 4. The van der Waals surface area contributed by atoms with Crippen molar-refractivity contribution >= 4 is 50.5 Å². The lowest BCUT2D eigenvalue weighted by Crippen LogP contribution is -2.22. The Bertz CT molecular complexity index is 803. The van der Waals surface area contributed by atoms with E-state index in [0.29, 0.717) is 14.9 Å². The summed E-state index contributed by atoms with van der Waals surface area (Å²) in [5.41, 5.74) is 0.721. The standard InChI is InChI=1S/C13H12Cl2N2O3S2/c1-16-22(19,20)12-5-4-11(21-12)13(18)17-7-8-2-3-9(14)6-10(8)15/h2-6,16H,7H2,1H3,(H,17,18). The van der Waals surface area contributed by atoms with E-state index < -0.39 is 10.0 Å². The van der Waals surface area contributed by atoms with E-state index in [0.717, 1.165) is 16.9 Å². The second kappa shape index (κ2) is 6.97. The summed E-state index contributed by atoms with van der Waals surface area (Å²) < 4.78 is 25.5. The molecule has 22 heavy (non-hydrogen) atoms. The topological polar surface area (TPSA) is 75.3 Å². The predicted molar refractivity (Wildman–Crippen MR) is 88.2 cm³/mol. The van der Waals surface area contributed by atoms with Gasteiger partial charge in [-0.15, -0.1) is 11.3 Å². The average Bonchev–Trinajstić information content (AvgIpc) is 2.96. The van der Waals surface area contributed by atoms with E-state index in [1.54, 1.807) is 18.2 Å². The summed E-state index contributed by atoms with van der Waals surface area (Å²) in [6, 6.07) is 7.84. The quantitative estimate of drug-likeness (QED) is 0.839. The number of halogens is 2. The molecule has 118 valence electrons. The van der Waals surface area contributed by atoms with E-state index in [4.69, 9.17) is 23.2 Å². The summed E-state index contributed by atoms with van der Waals surface area (Å²) >= 11 is 12.7. The van der Waals surface area contributed by atoms with Gasteiger partial charge in [-0.2, -0.15) is 0 Å². The normalized spacial score (nSPS) is 11.4. The largest absolute Gasteiger partial charge is 0.347 e. The molecule has 1 aromatic heterocycles. The van der Waals surface area contributed by atoms with Gasteiger partial charge < -0.3 is 5.32 Å². The van der Waals surface area contributed by atoms with Crippen LogP contribution in [-0.2, 0) is 16.6 Å². The van der Waals surface area contributed by atoms with Crippen LogP contribution in [0.2, 0.25) is 10.0 Å². The molecule has 0 aliphatic carbocycles. The van der Waals surface area contributed by atoms with Crippen molar-refractivity contribution in [2.24, 2.45) is 0 Å². The predicted octanol–water partition coefficient (Wildman–Crippen LogP) is 2.89. The Morgan fingerprint density at radius 1 is 1.23 bits per heavy atom. The van der Waals surface area contributed by atoms with Crippen molar-refractivity contribution in [3.63, 3.8) is 0 Å². The van der Waals surface area contributed by atoms with Crippen LogP contribution in [0.15, 0.2) is 34.5 Å². The van der Waals surface area contributed by atoms with Gasteiger partial charge in [0.2, 0.25) is 10.0 Å². The second-order valence-corrected chi connectivity index (χ2v) is 8.29. The minimum atomic E-state index is -3.54. The third-order valence-corrected chi connectivity index (χ3v) is 6.37. The van der Waals surface area contributed by atoms with Gasteiger partial charge in [0.25, 0.3) is 5.91 Å². The molecule has 0 saturated heterocycles. The molecule has 0 spiro atoms. The summed E-state index contributed by atoms with van der Waals surface area (Å²) in [5.74, 6) is -0.367. The Kier molecular flexibility index (Phi) is 5.46. The van der Waals surface area contributed by atoms with Gasteiger partial charge in [0, 0.05) is 16.6 Å². The van der Waals surface area contributed by atoms with E-state index in [9.17, 15) is 13.2 Å². The van der Waals surface area contributed by atoms with E-state index in [1.165, 1.54) is 19.2 Å². The summed E-state index contributed by atoms with van der Waals surface area (Å²) in [6.45, 7) is 0.223. The molecule has 5 nitrogen and oxygen atoms in total. The van der Waals surface area contributed by atoms with Gasteiger partial charge >= 0.3 is 0 Å². The lowest BCUT2D eigenvalue weighted by Gasteiger charge is -2.06. The monoisotopic (exact) mass is 378 g/mol. The number of benzene rings is 1. The molecule has 0 aliphatic heterocycles. The molecule has 0 unspecified atom stereocenters. The highest BCUT2D eigenvalue weighted by Gasteiger charge is 2.17. The molecule has 9 heteroatoms. The fraction of sp³-hybridized carbons (Fsp3) is 0.154. The van der Waals surface area contributed by atoms with Crippen molar-refractivity contribution in [2.45, 2.75) is 10.8 Å². The van der Waals surface area contributed by atoms with E-state index in [-0.39, 0.29) is 16.7 Å². The van der Waals surface area contributed by atoms with Crippen molar-refractivity contribution < 1.29 is 13.2 Å². The van der Waals surface area contributed by atoms with Gasteiger partial charge in [-0.25, -0.2) is 13.1 Å². The lowest BCUT2D eigenvalue weighted by molar-refractivity contribution is 0.0955. The Balaban J connectivity index is 2.07. The zero-order chi connectivity index (χ0) is 16.3. The van der Waals surface area contributed by atoms with Gasteiger partial charge in [0.15, 0.2) is 0 Å². The molecule has 0 saturated carbocycles. The molecular weight excluding hydrogens is 367 g/mol. The number of amides is 1. The van der Waals surface area contributed by atoms with Crippen molar-refractivity contribution in [1.29, 1.82) is 0 Å². The van der Waals surface area contributed by atoms with Gasteiger partial charge in [-0.3, -0.25) is 4.79 Å². The van der Waals surface area contributed by atoms with Crippen LogP contribution in [0, 0.1) is 0 Å². The second-order valence-electron chi connectivity index (χ2n) is 4.24. The molecule has 0 bridgehead atoms. The Hall–Kier alpha value is -1.12. The average molecular weight is 379 g/mol. The number of thiophene rings is 1. The fourth-order valence-corrected chi connectivity index (χ4v) is 4.15. The molecule has 1 amide bonds. The molecule has 1 heterocycles. The fourth-order valence-electron chi connectivity index (χ4n) is 1.61. The number of hydrogen-bond donors (Lipinski definition) is 2. The van der Waals surface area contributed by atoms with Gasteiger partial charge in [0.1, 0.15) is 4.21 Å². The molecule has 2 aromatic rings. The lowest BCUT2D eigenvalue weighted by atomic mass is 10.2. The van der Waals surface area contributed by atoms with Crippen molar-refractivity contribution in [1.82, 2.24) is 10.0 Å². The zero-order valence-electron chi connectivity index (χ0n) is 11.4. The third-order valence-electron chi connectivity index (χ3n) is 2.79. The first-order valence-corrected chi connectivity index (χ1v) is 9.14. The van der Waals surface area contributed by atoms with Gasteiger partial charge in [-0.1, -0.05) is 29.3 Å². The van der Waals surface area contributed by atoms with Crippen molar-refractivity contribution in [3.05, 3.63) is 50.8 Å². The SMILES string of the molecule is CNS(=O)(=O)c1ccc(C(=O)NCc2ccc(Cl)cc2Cl)s1. The minimum Gasteiger partial charge on any atom is -0.347 e. The van der Waals surface area contributed by atoms with Crippen LogP contribution in [-0.4, -0.2) is 21.4 Å².